The maximum atomic E-state index is 12.6. The molecule has 8 heteroatoms. The number of guanidine groups is 1. The molecule has 0 unspecified atom stereocenters. The molecule has 0 saturated heterocycles. The van der Waals surface area contributed by atoms with E-state index < -0.39 is 0 Å². The molecule has 0 atom stereocenters. The van der Waals surface area contributed by atoms with Gasteiger partial charge in [0.2, 0.25) is 5.91 Å². The molecule has 25 heavy (non-hydrogen) atoms. The van der Waals surface area contributed by atoms with Crippen LogP contribution in [0, 0.1) is 12.3 Å². The van der Waals surface area contributed by atoms with Crippen LogP contribution in [-0.4, -0.2) is 48.9 Å². The monoisotopic (exact) mass is 479 g/mol. The van der Waals surface area contributed by atoms with Gasteiger partial charge in [-0.25, -0.2) is 9.98 Å². The van der Waals surface area contributed by atoms with E-state index in [1.165, 1.54) is 4.88 Å². The Hall–Kier alpha value is -0.900. The first kappa shape index (κ1) is 22.1. The lowest BCUT2D eigenvalue weighted by molar-refractivity contribution is -0.138. The molecule has 2 rings (SSSR count). The lowest BCUT2D eigenvalue weighted by atomic mass is 9.84. The molecule has 6 nitrogen and oxygen atoms in total. The highest BCUT2D eigenvalue weighted by Crippen LogP contribution is 2.38. The van der Waals surface area contributed by atoms with Crippen LogP contribution < -0.4 is 10.6 Å². The summed E-state index contributed by atoms with van der Waals surface area (Å²) < 4.78 is 0. The standard InChI is InChI=1S/C17H29N5OS.HI/c1-5-18-16(19-10-14-13(2)21-12-24-14)20-11-17(8-6-7-9-17)15(23)22(3)4;/h12H,5-11H2,1-4H3,(H2,18,19,20);1H. The van der Waals surface area contributed by atoms with Gasteiger partial charge in [-0.1, -0.05) is 12.8 Å². The smallest absolute Gasteiger partial charge is 0.230 e. The minimum atomic E-state index is -0.292. The van der Waals surface area contributed by atoms with Crippen LogP contribution in [0.4, 0.5) is 0 Å². The van der Waals surface area contributed by atoms with Gasteiger partial charge in [0.1, 0.15) is 0 Å². The van der Waals surface area contributed by atoms with Crippen molar-refractivity contribution in [3.63, 3.8) is 0 Å². The highest BCUT2D eigenvalue weighted by molar-refractivity contribution is 14.0. The topological polar surface area (TPSA) is 69.6 Å². The molecule has 0 aromatic carbocycles. The third-order valence-corrected chi connectivity index (χ3v) is 5.50. The van der Waals surface area contributed by atoms with Gasteiger partial charge in [-0.3, -0.25) is 4.79 Å². The number of hydrogen-bond donors (Lipinski definition) is 2. The number of aliphatic imine (C=N–C) groups is 1. The Bertz CT molecular complexity index is 581. The van der Waals surface area contributed by atoms with Crippen molar-refractivity contribution in [3.8, 4) is 0 Å². The van der Waals surface area contributed by atoms with Gasteiger partial charge in [0.05, 0.1) is 23.2 Å². The van der Waals surface area contributed by atoms with Crippen molar-refractivity contribution < 1.29 is 4.79 Å². The van der Waals surface area contributed by atoms with Crippen LogP contribution in [0.5, 0.6) is 0 Å². The molecule has 1 amide bonds. The molecule has 0 aliphatic heterocycles. The lowest BCUT2D eigenvalue weighted by Crippen LogP contribution is -2.49. The normalized spacial score (nSPS) is 16.2. The fourth-order valence-electron chi connectivity index (χ4n) is 3.22. The summed E-state index contributed by atoms with van der Waals surface area (Å²) in [6, 6.07) is 0. The van der Waals surface area contributed by atoms with Crippen LogP contribution >= 0.6 is 35.3 Å². The van der Waals surface area contributed by atoms with E-state index in [-0.39, 0.29) is 35.3 Å². The summed E-state index contributed by atoms with van der Waals surface area (Å²) in [6.45, 7) is 6.09. The number of aryl methyl sites for hydroxylation is 1. The molecular formula is C17H30IN5OS. The van der Waals surface area contributed by atoms with E-state index in [1.54, 1.807) is 16.2 Å². The lowest BCUT2D eigenvalue weighted by Gasteiger charge is -2.31. The van der Waals surface area contributed by atoms with Crippen molar-refractivity contribution in [2.75, 3.05) is 27.2 Å². The summed E-state index contributed by atoms with van der Waals surface area (Å²) in [5.74, 6) is 0.991. The molecule has 0 spiro atoms. The van der Waals surface area contributed by atoms with E-state index in [0.717, 1.165) is 43.9 Å². The molecule has 0 radical (unpaired) electrons. The summed E-state index contributed by atoms with van der Waals surface area (Å²) in [5, 5.41) is 6.67. The Labute approximate surface area is 171 Å². The van der Waals surface area contributed by atoms with Crippen LogP contribution in [0.15, 0.2) is 10.5 Å². The Balaban J connectivity index is 0.00000312. The second-order valence-corrected chi connectivity index (χ2v) is 7.54. The van der Waals surface area contributed by atoms with Gasteiger partial charge < -0.3 is 15.5 Å². The Morgan fingerprint density at radius 2 is 2.04 bits per heavy atom. The second kappa shape index (κ2) is 10.3. The maximum Gasteiger partial charge on any atom is 0.230 e. The number of rotatable bonds is 6. The van der Waals surface area contributed by atoms with Gasteiger partial charge in [0.25, 0.3) is 0 Å². The number of amides is 1. The molecule has 142 valence electrons. The Kier molecular flexibility index (Phi) is 9.12. The first-order valence-electron chi connectivity index (χ1n) is 8.61. The van der Waals surface area contributed by atoms with Crippen LogP contribution in [-0.2, 0) is 11.3 Å². The predicted molar refractivity (Wildman–Crippen MR) is 115 cm³/mol. The fourth-order valence-corrected chi connectivity index (χ4v) is 3.92. The molecule has 1 fully saturated rings. The molecule has 1 saturated carbocycles. The van der Waals surface area contributed by atoms with Gasteiger partial charge >= 0.3 is 0 Å². The van der Waals surface area contributed by atoms with E-state index in [1.807, 2.05) is 33.5 Å². The number of carbonyl (C=O) groups is 1. The van der Waals surface area contributed by atoms with Crippen molar-refractivity contribution in [1.29, 1.82) is 0 Å². The summed E-state index contributed by atoms with van der Waals surface area (Å²) >= 11 is 1.63. The molecule has 1 aliphatic carbocycles. The summed E-state index contributed by atoms with van der Waals surface area (Å²) in [5.41, 5.74) is 2.60. The van der Waals surface area contributed by atoms with Crippen molar-refractivity contribution >= 4 is 47.2 Å². The second-order valence-electron chi connectivity index (χ2n) is 6.60. The highest BCUT2D eigenvalue weighted by Gasteiger charge is 2.42. The summed E-state index contributed by atoms with van der Waals surface area (Å²) in [6.07, 6.45) is 4.14. The largest absolute Gasteiger partial charge is 0.357 e. The van der Waals surface area contributed by atoms with Gasteiger partial charge in [-0.15, -0.1) is 35.3 Å². The Morgan fingerprint density at radius 3 is 2.56 bits per heavy atom. The highest BCUT2D eigenvalue weighted by atomic mass is 127. The van der Waals surface area contributed by atoms with Gasteiger partial charge in [-0.05, 0) is 26.7 Å². The van der Waals surface area contributed by atoms with Crippen LogP contribution in [0.1, 0.15) is 43.2 Å². The molecule has 0 bridgehead atoms. The molecule has 1 aromatic rings. The van der Waals surface area contributed by atoms with Gasteiger partial charge in [-0.2, -0.15) is 0 Å². The zero-order valence-corrected chi connectivity index (χ0v) is 18.7. The number of halogens is 1. The first-order valence-corrected chi connectivity index (χ1v) is 9.49. The number of nitrogens with one attached hydrogen (secondary N) is 2. The molecule has 1 aliphatic rings. The SMILES string of the molecule is CCNC(=NCc1scnc1C)NCC1(C(=O)N(C)C)CCCC1.I. The van der Waals surface area contributed by atoms with Gasteiger partial charge in [0.15, 0.2) is 5.96 Å². The number of carbonyl (C=O) groups excluding carboxylic acids is 1. The molecule has 1 aromatic heterocycles. The molecular weight excluding hydrogens is 449 g/mol. The third kappa shape index (κ3) is 5.80. The summed E-state index contributed by atoms with van der Waals surface area (Å²) in [4.78, 5) is 24.5. The summed E-state index contributed by atoms with van der Waals surface area (Å²) in [7, 11) is 3.68. The number of nitrogens with zero attached hydrogens (tertiary/aromatic N) is 3. The minimum Gasteiger partial charge on any atom is -0.357 e. The van der Waals surface area contributed by atoms with Crippen molar-refractivity contribution in [3.05, 3.63) is 16.1 Å². The van der Waals surface area contributed by atoms with E-state index in [9.17, 15) is 4.79 Å². The molecule has 2 N–H and O–H groups in total. The maximum absolute atomic E-state index is 12.6. The third-order valence-electron chi connectivity index (χ3n) is 4.58. The van der Waals surface area contributed by atoms with Crippen molar-refractivity contribution in [2.24, 2.45) is 10.4 Å². The van der Waals surface area contributed by atoms with Crippen molar-refractivity contribution in [2.45, 2.75) is 46.1 Å². The number of hydrogen-bond acceptors (Lipinski definition) is 4. The number of thiazole rings is 1. The van der Waals surface area contributed by atoms with Crippen LogP contribution in [0.2, 0.25) is 0 Å². The predicted octanol–water partition coefficient (Wildman–Crippen LogP) is 2.77. The van der Waals surface area contributed by atoms with E-state index in [2.05, 4.69) is 20.6 Å². The Morgan fingerprint density at radius 1 is 1.36 bits per heavy atom. The van der Waals surface area contributed by atoms with E-state index in [0.29, 0.717) is 13.1 Å². The first-order chi connectivity index (χ1) is 11.5. The zero-order chi connectivity index (χ0) is 17.6. The van der Waals surface area contributed by atoms with E-state index >= 15 is 0 Å². The zero-order valence-electron chi connectivity index (χ0n) is 15.6. The fraction of sp³-hybridized carbons (Fsp3) is 0.706. The van der Waals surface area contributed by atoms with Crippen LogP contribution in [0.25, 0.3) is 0 Å². The average Bonchev–Trinajstić information content (AvgIpc) is 3.19. The van der Waals surface area contributed by atoms with Gasteiger partial charge in [0, 0.05) is 32.1 Å². The van der Waals surface area contributed by atoms with Crippen LogP contribution in [0.3, 0.4) is 0 Å². The quantitative estimate of drug-likeness (QED) is 0.374. The number of aromatic nitrogens is 1. The van der Waals surface area contributed by atoms with E-state index in [4.69, 9.17) is 0 Å². The average molecular weight is 479 g/mol. The molecule has 1 heterocycles. The minimum absolute atomic E-state index is 0. The van der Waals surface area contributed by atoms with Crippen molar-refractivity contribution in [1.82, 2.24) is 20.5 Å².